The molecular formula is C8H7Br2NO3. The quantitative estimate of drug-likeness (QED) is 0.886. The molecule has 2 N–H and O–H groups in total. The van der Waals surface area contributed by atoms with Crippen molar-refractivity contribution >= 4 is 37.8 Å². The van der Waals surface area contributed by atoms with Crippen LogP contribution in [0.3, 0.4) is 0 Å². The van der Waals surface area contributed by atoms with Crippen LogP contribution >= 0.6 is 31.9 Å². The maximum atomic E-state index is 10.4. The number of carboxylic acid groups (broad SMARTS) is 1. The third-order valence-electron chi connectivity index (χ3n) is 1.56. The molecule has 1 atom stereocenters. The first kappa shape index (κ1) is 11.6. The molecule has 0 aliphatic rings. The number of aromatic nitrogens is 1. The molecule has 0 fully saturated rings. The fourth-order valence-corrected chi connectivity index (χ4v) is 2.01. The van der Waals surface area contributed by atoms with Gasteiger partial charge in [-0.2, -0.15) is 0 Å². The van der Waals surface area contributed by atoms with Crippen molar-refractivity contribution in [1.82, 2.24) is 4.98 Å². The van der Waals surface area contributed by atoms with Crippen molar-refractivity contribution in [2.24, 2.45) is 0 Å². The number of carbonyl (C=O) groups is 1. The summed E-state index contributed by atoms with van der Waals surface area (Å²) in [6.07, 6.45) is 0.123. The minimum atomic E-state index is -1.42. The Morgan fingerprint density at radius 1 is 1.57 bits per heavy atom. The van der Waals surface area contributed by atoms with Crippen molar-refractivity contribution in [2.75, 3.05) is 0 Å². The number of carboxylic acids is 1. The van der Waals surface area contributed by atoms with E-state index in [9.17, 15) is 4.79 Å². The second-order valence-corrected chi connectivity index (χ2v) is 4.41. The molecule has 0 bridgehead atoms. The van der Waals surface area contributed by atoms with Crippen LogP contribution in [0.4, 0.5) is 0 Å². The van der Waals surface area contributed by atoms with Crippen LogP contribution in [-0.2, 0) is 11.2 Å². The summed E-state index contributed by atoms with van der Waals surface area (Å²) in [6.45, 7) is 0. The van der Waals surface area contributed by atoms with E-state index in [2.05, 4.69) is 36.8 Å². The summed E-state index contributed by atoms with van der Waals surface area (Å²) in [7, 11) is 0. The zero-order valence-electron chi connectivity index (χ0n) is 6.94. The normalized spacial score (nSPS) is 12.5. The van der Waals surface area contributed by atoms with Crippen molar-refractivity contribution in [3.63, 3.8) is 0 Å². The number of aliphatic carboxylic acids is 1. The zero-order chi connectivity index (χ0) is 10.7. The third kappa shape index (κ3) is 3.04. The highest BCUT2D eigenvalue weighted by molar-refractivity contribution is 9.11. The van der Waals surface area contributed by atoms with Gasteiger partial charge in [0, 0.05) is 21.6 Å². The Bertz CT molecular complexity index is 356. The van der Waals surface area contributed by atoms with Crippen LogP contribution in [0.1, 0.15) is 5.69 Å². The highest BCUT2D eigenvalue weighted by Gasteiger charge is 2.16. The fourth-order valence-electron chi connectivity index (χ4n) is 0.864. The summed E-state index contributed by atoms with van der Waals surface area (Å²) in [5, 5.41) is 17.6. The van der Waals surface area contributed by atoms with Crippen LogP contribution in [0.5, 0.6) is 0 Å². The minimum absolute atomic E-state index is 0.0107. The van der Waals surface area contributed by atoms with E-state index in [-0.39, 0.29) is 6.42 Å². The van der Waals surface area contributed by atoms with Crippen LogP contribution in [0.25, 0.3) is 0 Å². The van der Waals surface area contributed by atoms with Crippen LogP contribution in [0, 0.1) is 0 Å². The van der Waals surface area contributed by atoms with Gasteiger partial charge < -0.3 is 10.2 Å². The van der Waals surface area contributed by atoms with Crippen LogP contribution in [0.2, 0.25) is 0 Å². The second kappa shape index (κ2) is 4.86. The van der Waals surface area contributed by atoms with E-state index in [1.807, 2.05) is 0 Å². The SMILES string of the molecule is O=C(O)C(O)Cc1ncc(Br)cc1Br. The van der Waals surface area contributed by atoms with Gasteiger partial charge >= 0.3 is 5.97 Å². The molecule has 76 valence electrons. The molecule has 1 aromatic rings. The largest absolute Gasteiger partial charge is 0.479 e. The first-order valence-corrected chi connectivity index (χ1v) is 5.30. The molecule has 1 heterocycles. The van der Waals surface area contributed by atoms with Gasteiger partial charge in [-0.05, 0) is 37.9 Å². The van der Waals surface area contributed by atoms with Gasteiger partial charge in [0.05, 0.1) is 5.69 Å². The van der Waals surface area contributed by atoms with E-state index in [1.54, 1.807) is 12.3 Å². The molecule has 0 amide bonds. The standard InChI is InChI=1S/C8H7Br2NO3/c9-4-1-5(10)6(11-3-4)2-7(12)8(13)14/h1,3,7,12H,2H2,(H,13,14). The maximum Gasteiger partial charge on any atom is 0.332 e. The summed E-state index contributed by atoms with van der Waals surface area (Å²) >= 11 is 6.45. The number of rotatable bonds is 3. The van der Waals surface area contributed by atoms with Gasteiger partial charge in [0.15, 0.2) is 6.10 Å². The Morgan fingerprint density at radius 3 is 2.71 bits per heavy atom. The van der Waals surface area contributed by atoms with Crippen molar-refractivity contribution in [2.45, 2.75) is 12.5 Å². The van der Waals surface area contributed by atoms with Gasteiger partial charge in [0.25, 0.3) is 0 Å². The van der Waals surface area contributed by atoms with Crippen molar-refractivity contribution in [3.05, 3.63) is 26.9 Å². The Kier molecular flexibility index (Phi) is 4.03. The molecule has 0 aromatic carbocycles. The number of nitrogens with zero attached hydrogens (tertiary/aromatic N) is 1. The Morgan fingerprint density at radius 2 is 2.21 bits per heavy atom. The molecule has 0 aliphatic heterocycles. The molecule has 0 radical (unpaired) electrons. The summed E-state index contributed by atoms with van der Waals surface area (Å²) in [4.78, 5) is 14.4. The minimum Gasteiger partial charge on any atom is -0.479 e. The predicted octanol–water partition coefficient (Wildman–Crippen LogP) is 1.59. The first-order valence-electron chi connectivity index (χ1n) is 3.71. The number of aliphatic hydroxyl groups is 1. The zero-order valence-corrected chi connectivity index (χ0v) is 10.1. The van der Waals surface area contributed by atoms with Gasteiger partial charge in [-0.3, -0.25) is 4.98 Å². The summed E-state index contributed by atoms with van der Waals surface area (Å²) < 4.78 is 1.46. The van der Waals surface area contributed by atoms with Gasteiger partial charge in [-0.1, -0.05) is 0 Å². The monoisotopic (exact) mass is 323 g/mol. The molecule has 14 heavy (non-hydrogen) atoms. The Labute approximate surface area is 97.2 Å². The molecule has 0 aliphatic carbocycles. The van der Waals surface area contributed by atoms with E-state index in [0.717, 1.165) is 4.47 Å². The van der Waals surface area contributed by atoms with E-state index >= 15 is 0 Å². The van der Waals surface area contributed by atoms with Gasteiger partial charge in [0.1, 0.15) is 0 Å². The molecule has 1 aromatic heterocycles. The van der Waals surface area contributed by atoms with Crippen LogP contribution < -0.4 is 0 Å². The average Bonchev–Trinajstić information content (AvgIpc) is 2.09. The first-order chi connectivity index (χ1) is 6.50. The molecule has 4 nitrogen and oxygen atoms in total. The predicted molar refractivity (Wildman–Crippen MR) is 57.0 cm³/mol. The second-order valence-electron chi connectivity index (χ2n) is 2.64. The molecule has 0 saturated heterocycles. The topological polar surface area (TPSA) is 70.4 Å². The summed E-state index contributed by atoms with van der Waals surface area (Å²) in [6, 6.07) is 1.75. The number of hydrogen-bond acceptors (Lipinski definition) is 3. The van der Waals surface area contributed by atoms with Crippen LogP contribution in [0.15, 0.2) is 21.2 Å². The number of hydrogen-bond donors (Lipinski definition) is 2. The molecule has 0 spiro atoms. The van der Waals surface area contributed by atoms with Crippen LogP contribution in [-0.4, -0.2) is 27.3 Å². The van der Waals surface area contributed by atoms with E-state index in [4.69, 9.17) is 10.2 Å². The maximum absolute atomic E-state index is 10.4. The number of halogens is 2. The highest BCUT2D eigenvalue weighted by Crippen LogP contribution is 2.20. The lowest BCUT2D eigenvalue weighted by Gasteiger charge is -2.06. The lowest BCUT2D eigenvalue weighted by Crippen LogP contribution is -2.22. The molecule has 6 heteroatoms. The highest BCUT2D eigenvalue weighted by atomic mass is 79.9. The smallest absolute Gasteiger partial charge is 0.332 e. The molecule has 1 rings (SSSR count). The van der Waals surface area contributed by atoms with Crippen molar-refractivity contribution in [3.8, 4) is 0 Å². The number of aliphatic hydroxyl groups excluding tert-OH is 1. The van der Waals surface area contributed by atoms with Crippen molar-refractivity contribution in [1.29, 1.82) is 0 Å². The summed E-state index contributed by atoms with van der Waals surface area (Å²) in [5.41, 5.74) is 0.517. The van der Waals surface area contributed by atoms with E-state index < -0.39 is 12.1 Å². The average molecular weight is 325 g/mol. The number of pyridine rings is 1. The van der Waals surface area contributed by atoms with E-state index in [1.165, 1.54) is 0 Å². The Balaban J connectivity index is 2.82. The van der Waals surface area contributed by atoms with E-state index in [0.29, 0.717) is 10.2 Å². The molecule has 0 saturated carbocycles. The van der Waals surface area contributed by atoms with Gasteiger partial charge in [0.2, 0.25) is 0 Å². The van der Waals surface area contributed by atoms with Gasteiger partial charge in [-0.15, -0.1) is 0 Å². The third-order valence-corrected chi connectivity index (χ3v) is 2.68. The van der Waals surface area contributed by atoms with Crippen molar-refractivity contribution < 1.29 is 15.0 Å². The molecular weight excluding hydrogens is 318 g/mol. The molecule has 1 unspecified atom stereocenters. The summed E-state index contributed by atoms with van der Waals surface area (Å²) in [5.74, 6) is -1.25. The lowest BCUT2D eigenvalue weighted by atomic mass is 10.2. The fraction of sp³-hybridized carbons (Fsp3) is 0.250. The van der Waals surface area contributed by atoms with Gasteiger partial charge in [-0.25, -0.2) is 4.79 Å². The lowest BCUT2D eigenvalue weighted by molar-refractivity contribution is -0.146. The Hall–Kier alpha value is -0.460.